The SMILES string of the molecule is CN(C(=O)[C@@H](Cc1ccc2ccccc2c1)N(C)C(=O)/C=C/CC(C)(C)NC(=O)OC(C)(C)C)[C@@H](CNC(=S)NC1CC1)Cc1ccccc1. The first kappa shape index (κ1) is 38.4. The number of likely N-dealkylation sites (N-methyl/N-ethyl adjacent to an activating group) is 2. The minimum atomic E-state index is -0.777. The van der Waals surface area contributed by atoms with E-state index < -0.39 is 23.3 Å². The highest BCUT2D eigenvalue weighted by Crippen LogP contribution is 2.21. The summed E-state index contributed by atoms with van der Waals surface area (Å²) in [7, 11) is 3.48. The van der Waals surface area contributed by atoms with Crippen molar-refractivity contribution in [3.05, 3.63) is 96.1 Å². The van der Waals surface area contributed by atoms with Gasteiger partial charge in [-0.1, -0.05) is 78.9 Å². The van der Waals surface area contributed by atoms with Crippen LogP contribution in [-0.4, -0.2) is 82.7 Å². The molecule has 3 aromatic rings. The molecule has 50 heavy (non-hydrogen) atoms. The number of nitrogens with one attached hydrogen (secondary N) is 3. The molecule has 0 saturated heterocycles. The molecule has 1 saturated carbocycles. The Bertz CT molecular complexity index is 1660. The number of ether oxygens (including phenoxy) is 1. The fourth-order valence-electron chi connectivity index (χ4n) is 5.66. The maximum atomic E-state index is 14.6. The van der Waals surface area contributed by atoms with Crippen LogP contribution in [0.5, 0.6) is 0 Å². The van der Waals surface area contributed by atoms with E-state index in [0.717, 1.165) is 34.7 Å². The average molecular weight is 700 g/mol. The number of amides is 3. The maximum Gasteiger partial charge on any atom is 0.408 e. The average Bonchev–Trinajstić information content (AvgIpc) is 3.87. The molecular formula is C40H53N5O4S. The second-order valence-electron chi connectivity index (χ2n) is 14.9. The molecule has 3 aromatic carbocycles. The van der Waals surface area contributed by atoms with Crippen molar-refractivity contribution in [1.82, 2.24) is 25.8 Å². The zero-order chi connectivity index (χ0) is 36.5. The molecule has 3 amide bonds. The number of hydrogen-bond acceptors (Lipinski definition) is 5. The molecule has 4 rings (SSSR count). The highest BCUT2D eigenvalue weighted by atomic mass is 32.1. The van der Waals surface area contributed by atoms with Crippen LogP contribution < -0.4 is 16.0 Å². The number of alkyl carbamates (subject to hydrolysis) is 1. The van der Waals surface area contributed by atoms with Gasteiger partial charge in [-0.2, -0.15) is 0 Å². The van der Waals surface area contributed by atoms with Crippen LogP contribution in [0.4, 0.5) is 4.79 Å². The summed E-state index contributed by atoms with van der Waals surface area (Å²) < 4.78 is 5.40. The molecule has 0 spiro atoms. The minimum Gasteiger partial charge on any atom is -0.444 e. The van der Waals surface area contributed by atoms with Crippen LogP contribution in [-0.2, 0) is 27.2 Å². The van der Waals surface area contributed by atoms with Crippen LogP contribution >= 0.6 is 12.2 Å². The molecule has 3 N–H and O–H groups in total. The summed E-state index contributed by atoms with van der Waals surface area (Å²) in [6.07, 6.45) is 6.23. The third-order valence-corrected chi connectivity index (χ3v) is 8.95. The van der Waals surface area contributed by atoms with Gasteiger partial charge in [0.2, 0.25) is 11.8 Å². The van der Waals surface area contributed by atoms with Crippen molar-refractivity contribution in [3.8, 4) is 0 Å². The lowest BCUT2D eigenvalue weighted by molar-refractivity contribution is -0.142. The topological polar surface area (TPSA) is 103 Å². The van der Waals surface area contributed by atoms with E-state index in [4.69, 9.17) is 17.0 Å². The lowest BCUT2D eigenvalue weighted by atomic mass is 9.98. The summed E-state index contributed by atoms with van der Waals surface area (Å²) >= 11 is 5.55. The third kappa shape index (κ3) is 12.2. The Labute approximate surface area is 302 Å². The fourth-order valence-corrected chi connectivity index (χ4v) is 5.91. The molecule has 10 heteroatoms. The number of hydrogen-bond donors (Lipinski definition) is 3. The van der Waals surface area contributed by atoms with Gasteiger partial charge in [0.1, 0.15) is 11.6 Å². The molecule has 1 aliphatic carbocycles. The zero-order valence-electron chi connectivity index (χ0n) is 30.5. The van der Waals surface area contributed by atoms with Crippen LogP contribution in [0.15, 0.2) is 84.9 Å². The van der Waals surface area contributed by atoms with E-state index in [0.29, 0.717) is 37.0 Å². The summed E-state index contributed by atoms with van der Waals surface area (Å²) in [5, 5.41) is 12.3. The fraction of sp³-hybridized carbons (Fsp3) is 0.450. The summed E-state index contributed by atoms with van der Waals surface area (Å²) in [5.41, 5.74) is 0.768. The number of thiocarbonyl (C=S) groups is 1. The van der Waals surface area contributed by atoms with Crippen molar-refractivity contribution in [2.75, 3.05) is 20.6 Å². The Hall–Kier alpha value is -4.44. The van der Waals surface area contributed by atoms with Crippen molar-refractivity contribution < 1.29 is 19.1 Å². The van der Waals surface area contributed by atoms with Gasteiger partial charge in [0.15, 0.2) is 5.11 Å². The number of rotatable bonds is 14. The van der Waals surface area contributed by atoms with Crippen molar-refractivity contribution in [2.24, 2.45) is 0 Å². The largest absolute Gasteiger partial charge is 0.444 e. The zero-order valence-corrected chi connectivity index (χ0v) is 31.3. The first-order chi connectivity index (χ1) is 23.6. The molecular weight excluding hydrogens is 647 g/mol. The van der Waals surface area contributed by atoms with Gasteiger partial charge in [-0.25, -0.2) is 4.79 Å². The number of carbonyl (C=O) groups excluding carboxylic acids is 3. The Kier molecular flexibility index (Phi) is 13.0. The monoisotopic (exact) mass is 699 g/mol. The van der Waals surface area contributed by atoms with Crippen LogP contribution in [0, 0.1) is 0 Å². The van der Waals surface area contributed by atoms with E-state index in [1.54, 1.807) is 25.1 Å². The lowest BCUT2D eigenvalue weighted by Gasteiger charge is -2.35. The van der Waals surface area contributed by atoms with Crippen LogP contribution in [0.2, 0.25) is 0 Å². The molecule has 0 bridgehead atoms. The predicted octanol–water partition coefficient (Wildman–Crippen LogP) is 6.16. The van der Waals surface area contributed by atoms with Gasteiger partial charge >= 0.3 is 6.09 Å². The minimum absolute atomic E-state index is 0.168. The summed E-state index contributed by atoms with van der Waals surface area (Å²) in [6.45, 7) is 9.61. The van der Waals surface area contributed by atoms with Crippen molar-refractivity contribution in [3.63, 3.8) is 0 Å². The molecule has 9 nitrogen and oxygen atoms in total. The van der Waals surface area contributed by atoms with Crippen LogP contribution in [0.25, 0.3) is 10.8 Å². The van der Waals surface area contributed by atoms with Crippen molar-refractivity contribution in [1.29, 1.82) is 0 Å². The molecule has 268 valence electrons. The van der Waals surface area contributed by atoms with Gasteiger partial charge in [0.25, 0.3) is 0 Å². The number of carbonyl (C=O) groups is 3. The molecule has 1 fully saturated rings. The van der Waals surface area contributed by atoms with E-state index in [1.165, 1.54) is 11.0 Å². The second kappa shape index (κ2) is 17.0. The van der Waals surface area contributed by atoms with E-state index >= 15 is 0 Å². The van der Waals surface area contributed by atoms with Crippen LogP contribution in [0.3, 0.4) is 0 Å². The smallest absolute Gasteiger partial charge is 0.408 e. The van der Waals surface area contributed by atoms with Gasteiger partial charge < -0.3 is 30.5 Å². The standard InChI is InChI=1S/C40H53N5O4S/c1-39(2,3)49-38(48)43-40(4,5)23-13-18-35(46)45(7)34(26-29-19-20-30-16-11-12-17-31(30)24-29)36(47)44(6)33(25-28-14-9-8-10-15-28)27-41-37(50)42-32-21-22-32/h8-20,24,32-34H,21-23,25-27H2,1-7H3,(H,43,48)(H2,41,42,50)/b18-13+/t33-,34-/m1/s1. The lowest BCUT2D eigenvalue weighted by Crippen LogP contribution is -2.55. The highest BCUT2D eigenvalue weighted by Gasteiger charge is 2.33. The van der Waals surface area contributed by atoms with Gasteiger partial charge in [0.05, 0.1) is 6.04 Å². The molecule has 1 aliphatic rings. The van der Waals surface area contributed by atoms with Gasteiger partial charge in [-0.15, -0.1) is 0 Å². The summed E-state index contributed by atoms with van der Waals surface area (Å²) in [6, 6.07) is 23.7. The Morgan fingerprint density at radius 2 is 1.54 bits per heavy atom. The molecule has 0 aromatic heterocycles. The Balaban J connectivity index is 1.55. The highest BCUT2D eigenvalue weighted by molar-refractivity contribution is 7.80. The quantitative estimate of drug-likeness (QED) is 0.137. The van der Waals surface area contributed by atoms with E-state index in [2.05, 4.69) is 40.2 Å². The normalized spacial score (nSPS) is 14.5. The van der Waals surface area contributed by atoms with Gasteiger partial charge in [0, 0.05) is 38.6 Å². The Morgan fingerprint density at radius 3 is 2.20 bits per heavy atom. The molecule has 0 aliphatic heterocycles. The number of benzene rings is 3. The predicted molar refractivity (Wildman–Crippen MR) is 205 cm³/mol. The van der Waals surface area contributed by atoms with E-state index in [-0.39, 0.29) is 17.9 Å². The molecule has 0 radical (unpaired) electrons. The van der Waals surface area contributed by atoms with E-state index in [9.17, 15) is 14.4 Å². The molecule has 0 unspecified atom stereocenters. The van der Waals surface area contributed by atoms with Crippen molar-refractivity contribution >= 4 is 46.0 Å². The molecule has 0 heterocycles. The number of fused-ring (bicyclic) bond motifs is 1. The van der Waals surface area contributed by atoms with Gasteiger partial charge in [-0.3, -0.25) is 9.59 Å². The first-order valence-electron chi connectivity index (χ1n) is 17.4. The maximum absolute atomic E-state index is 14.6. The first-order valence-corrected chi connectivity index (χ1v) is 17.8. The summed E-state index contributed by atoms with van der Waals surface area (Å²) in [5.74, 6) is -0.476. The van der Waals surface area contributed by atoms with Gasteiger partial charge in [-0.05, 0) is 100 Å². The second-order valence-corrected chi connectivity index (χ2v) is 15.3. The van der Waals surface area contributed by atoms with E-state index in [1.807, 2.05) is 83.1 Å². The number of nitrogens with zero attached hydrogens (tertiary/aromatic N) is 2. The van der Waals surface area contributed by atoms with Crippen LogP contribution in [0.1, 0.15) is 65.0 Å². The summed E-state index contributed by atoms with van der Waals surface area (Å²) in [4.78, 5) is 43.9. The molecule has 2 atom stereocenters. The Morgan fingerprint density at radius 1 is 0.880 bits per heavy atom. The van der Waals surface area contributed by atoms with Crippen molar-refractivity contribution in [2.45, 2.75) is 96.0 Å². The third-order valence-electron chi connectivity index (χ3n) is 8.69.